The Labute approximate surface area is 120 Å². The van der Waals surface area contributed by atoms with Gasteiger partial charge in [-0.1, -0.05) is 0 Å². The summed E-state index contributed by atoms with van der Waals surface area (Å²) in [6.07, 6.45) is 0.962. The summed E-state index contributed by atoms with van der Waals surface area (Å²) in [4.78, 5) is 17.5. The first-order valence-corrected chi connectivity index (χ1v) is 7.03. The molecule has 1 aromatic heterocycles. The lowest BCUT2D eigenvalue weighted by molar-refractivity contribution is 0.0794. The highest BCUT2D eigenvalue weighted by molar-refractivity contribution is 5.98. The number of carbonyl (C=O) groups is 1. The van der Waals surface area contributed by atoms with Crippen molar-refractivity contribution < 1.29 is 4.79 Å². The Balaban J connectivity index is 2.19. The van der Waals surface area contributed by atoms with E-state index in [2.05, 4.69) is 24.1 Å². The van der Waals surface area contributed by atoms with Gasteiger partial charge in [-0.2, -0.15) is 0 Å². The second-order valence-corrected chi connectivity index (χ2v) is 5.32. The Kier molecular flexibility index (Phi) is 4.45. The number of aryl methyl sites for hydroxylation is 2. The first kappa shape index (κ1) is 14.6. The summed E-state index contributed by atoms with van der Waals surface area (Å²) in [5.41, 5.74) is 4.22. The Morgan fingerprint density at radius 1 is 1.35 bits per heavy atom. The maximum absolute atomic E-state index is 12.4. The normalized spacial score (nSPS) is 11.0. The molecule has 20 heavy (non-hydrogen) atoms. The minimum Gasteiger partial charge on any atom is -0.358 e. The molecule has 108 valence electrons. The molecule has 0 fully saturated rings. The predicted octanol–water partition coefficient (Wildman–Crippen LogP) is 2.47. The number of hydrogen-bond donors (Lipinski definition) is 2. The van der Waals surface area contributed by atoms with E-state index >= 15 is 0 Å². The number of H-pyrrole nitrogens is 1. The van der Waals surface area contributed by atoms with E-state index in [-0.39, 0.29) is 5.91 Å². The van der Waals surface area contributed by atoms with Gasteiger partial charge in [-0.05, 0) is 57.6 Å². The zero-order chi connectivity index (χ0) is 14.7. The third-order valence-electron chi connectivity index (χ3n) is 3.82. The zero-order valence-electron chi connectivity index (χ0n) is 12.7. The van der Waals surface area contributed by atoms with Gasteiger partial charge in [-0.25, -0.2) is 0 Å². The number of fused-ring (bicyclic) bond motifs is 1. The summed E-state index contributed by atoms with van der Waals surface area (Å²) in [5, 5.41) is 4.23. The van der Waals surface area contributed by atoms with Crippen LogP contribution in [0.15, 0.2) is 18.2 Å². The molecule has 1 heterocycles. The minimum atomic E-state index is 0.0845. The van der Waals surface area contributed by atoms with Gasteiger partial charge in [0.05, 0.1) is 0 Å². The Bertz CT molecular complexity index is 615. The van der Waals surface area contributed by atoms with Gasteiger partial charge < -0.3 is 15.2 Å². The van der Waals surface area contributed by atoms with Crippen LogP contribution in [0.5, 0.6) is 0 Å². The average Bonchev–Trinajstić information content (AvgIpc) is 2.73. The van der Waals surface area contributed by atoms with Crippen LogP contribution in [0.3, 0.4) is 0 Å². The highest BCUT2D eigenvalue weighted by atomic mass is 16.2. The van der Waals surface area contributed by atoms with Crippen molar-refractivity contribution in [2.45, 2.75) is 20.3 Å². The topological polar surface area (TPSA) is 48.1 Å². The van der Waals surface area contributed by atoms with Crippen molar-refractivity contribution in [2.24, 2.45) is 0 Å². The number of amides is 1. The first-order valence-electron chi connectivity index (χ1n) is 7.03. The van der Waals surface area contributed by atoms with E-state index in [0.717, 1.165) is 41.7 Å². The highest BCUT2D eigenvalue weighted by Crippen LogP contribution is 2.22. The number of benzene rings is 1. The Morgan fingerprint density at radius 2 is 2.10 bits per heavy atom. The quantitative estimate of drug-likeness (QED) is 0.822. The van der Waals surface area contributed by atoms with Crippen LogP contribution in [0.4, 0.5) is 0 Å². The summed E-state index contributed by atoms with van der Waals surface area (Å²) in [7, 11) is 3.78. The van der Waals surface area contributed by atoms with E-state index in [9.17, 15) is 4.79 Å². The molecule has 1 amide bonds. The number of nitrogens with one attached hydrogen (secondary N) is 2. The molecule has 0 aliphatic carbocycles. The SMILES string of the molecule is CNCCCN(C)C(=O)c1ccc2[nH]c(C)c(C)c2c1. The molecule has 0 aliphatic rings. The first-order chi connectivity index (χ1) is 9.54. The molecule has 0 aliphatic heterocycles. The zero-order valence-corrected chi connectivity index (χ0v) is 12.7. The summed E-state index contributed by atoms with van der Waals surface area (Å²) in [6.45, 7) is 5.83. The number of rotatable bonds is 5. The van der Waals surface area contributed by atoms with Crippen LogP contribution < -0.4 is 5.32 Å². The maximum Gasteiger partial charge on any atom is 0.253 e. The van der Waals surface area contributed by atoms with Crippen molar-refractivity contribution in [3.05, 3.63) is 35.0 Å². The molecule has 0 spiro atoms. The van der Waals surface area contributed by atoms with Gasteiger partial charge in [-0.3, -0.25) is 4.79 Å². The molecule has 2 rings (SSSR count). The summed E-state index contributed by atoms with van der Waals surface area (Å²) >= 11 is 0. The average molecular weight is 273 g/mol. The molecule has 1 aromatic carbocycles. The lowest BCUT2D eigenvalue weighted by atomic mass is 10.1. The monoisotopic (exact) mass is 273 g/mol. The number of hydrogen-bond acceptors (Lipinski definition) is 2. The van der Waals surface area contributed by atoms with Crippen molar-refractivity contribution in [1.29, 1.82) is 0 Å². The summed E-state index contributed by atoms with van der Waals surface area (Å²) < 4.78 is 0. The second-order valence-electron chi connectivity index (χ2n) is 5.32. The lowest BCUT2D eigenvalue weighted by Crippen LogP contribution is -2.29. The van der Waals surface area contributed by atoms with E-state index in [1.165, 1.54) is 5.56 Å². The number of aromatic amines is 1. The molecule has 2 N–H and O–H groups in total. The molecular formula is C16H23N3O. The predicted molar refractivity (Wildman–Crippen MR) is 83.3 cm³/mol. The van der Waals surface area contributed by atoms with Gasteiger partial charge >= 0.3 is 0 Å². The minimum absolute atomic E-state index is 0.0845. The molecular weight excluding hydrogens is 250 g/mol. The molecule has 0 saturated carbocycles. The van der Waals surface area contributed by atoms with E-state index in [4.69, 9.17) is 0 Å². The summed E-state index contributed by atoms with van der Waals surface area (Å²) in [5.74, 6) is 0.0845. The second kappa shape index (κ2) is 6.09. The largest absolute Gasteiger partial charge is 0.358 e. The fourth-order valence-corrected chi connectivity index (χ4v) is 2.41. The molecule has 0 unspecified atom stereocenters. The van der Waals surface area contributed by atoms with E-state index in [1.807, 2.05) is 32.3 Å². The summed E-state index contributed by atoms with van der Waals surface area (Å²) in [6, 6.07) is 5.88. The van der Waals surface area contributed by atoms with Crippen molar-refractivity contribution in [3.8, 4) is 0 Å². The third kappa shape index (κ3) is 2.85. The fraction of sp³-hybridized carbons (Fsp3) is 0.438. The van der Waals surface area contributed by atoms with E-state index < -0.39 is 0 Å². The molecule has 4 nitrogen and oxygen atoms in total. The fourth-order valence-electron chi connectivity index (χ4n) is 2.41. The van der Waals surface area contributed by atoms with Gasteiger partial charge in [-0.15, -0.1) is 0 Å². The number of carbonyl (C=O) groups excluding carboxylic acids is 1. The molecule has 4 heteroatoms. The molecule has 0 radical (unpaired) electrons. The standard InChI is InChI=1S/C16H23N3O/c1-11-12(2)18-15-7-6-13(10-14(11)15)16(20)19(4)9-5-8-17-3/h6-7,10,17-18H,5,8-9H2,1-4H3. The van der Waals surface area contributed by atoms with Crippen molar-refractivity contribution in [2.75, 3.05) is 27.2 Å². The van der Waals surface area contributed by atoms with Crippen LogP contribution in [-0.2, 0) is 0 Å². The molecule has 0 saturated heterocycles. The van der Waals surface area contributed by atoms with E-state index in [1.54, 1.807) is 4.90 Å². The highest BCUT2D eigenvalue weighted by Gasteiger charge is 2.13. The molecule has 2 aromatic rings. The van der Waals surface area contributed by atoms with Crippen LogP contribution >= 0.6 is 0 Å². The smallest absolute Gasteiger partial charge is 0.253 e. The van der Waals surface area contributed by atoms with Gasteiger partial charge in [0.15, 0.2) is 0 Å². The molecule has 0 atom stereocenters. The van der Waals surface area contributed by atoms with Crippen LogP contribution in [0.1, 0.15) is 28.0 Å². The van der Waals surface area contributed by atoms with Crippen LogP contribution in [-0.4, -0.2) is 43.0 Å². The van der Waals surface area contributed by atoms with Crippen molar-refractivity contribution >= 4 is 16.8 Å². The van der Waals surface area contributed by atoms with Crippen LogP contribution in [0, 0.1) is 13.8 Å². The third-order valence-corrected chi connectivity index (χ3v) is 3.82. The van der Waals surface area contributed by atoms with Crippen LogP contribution in [0.2, 0.25) is 0 Å². The van der Waals surface area contributed by atoms with Gasteiger partial charge in [0.2, 0.25) is 0 Å². The van der Waals surface area contributed by atoms with Gasteiger partial charge in [0.25, 0.3) is 5.91 Å². The lowest BCUT2D eigenvalue weighted by Gasteiger charge is -2.17. The van der Waals surface area contributed by atoms with Crippen molar-refractivity contribution in [3.63, 3.8) is 0 Å². The van der Waals surface area contributed by atoms with Gasteiger partial charge in [0, 0.05) is 35.8 Å². The van der Waals surface area contributed by atoms with Crippen molar-refractivity contribution in [1.82, 2.24) is 15.2 Å². The Morgan fingerprint density at radius 3 is 2.80 bits per heavy atom. The number of nitrogens with zero attached hydrogens (tertiary/aromatic N) is 1. The van der Waals surface area contributed by atoms with E-state index in [0.29, 0.717) is 0 Å². The number of aromatic nitrogens is 1. The Hall–Kier alpha value is -1.81. The van der Waals surface area contributed by atoms with Crippen LogP contribution in [0.25, 0.3) is 10.9 Å². The molecule has 0 bridgehead atoms. The van der Waals surface area contributed by atoms with Gasteiger partial charge in [0.1, 0.15) is 0 Å². The maximum atomic E-state index is 12.4.